The zero-order chi connectivity index (χ0) is 39.1. The number of esters is 1. The number of carbonyl (C=O) groups is 5. The highest BCUT2D eigenvalue weighted by atomic mass is 16.5. The summed E-state index contributed by atoms with van der Waals surface area (Å²) in [5.74, 6) is -0.185. The van der Waals surface area contributed by atoms with Gasteiger partial charge in [-0.05, 0) is 129 Å². The van der Waals surface area contributed by atoms with Crippen molar-refractivity contribution in [3.63, 3.8) is 0 Å². The quantitative estimate of drug-likeness (QED) is 0.253. The van der Waals surface area contributed by atoms with Gasteiger partial charge >= 0.3 is 18.0 Å². The summed E-state index contributed by atoms with van der Waals surface area (Å²) >= 11 is 0. The van der Waals surface area contributed by atoms with E-state index >= 15 is 0 Å². The summed E-state index contributed by atoms with van der Waals surface area (Å²) in [5.41, 5.74) is -0.211. The number of carbonyl (C=O) groups excluding carboxylic acids is 4. The molecule has 8 atom stereocenters. The van der Waals surface area contributed by atoms with Crippen molar-refractivity contribution in [3.8, 4) is 0 Å². The molecule has 1 saturated heterocycles. The minimum absolute atomic E-state index is 0.000107. The number of nitrogens with one attached hydrogen (secondary N) is 1. The van der Waals surface area contributed by atoms with Gasteiger partial charge in [-0.25, -0.2) is 4.79 Å². The van der Waals surface area contributed by atoms with Gasteiger partial charge in [0.05, 0.1) is 24.4 Å². The fourth-order valence-corrected chi connectivity index (χ4v) is 13.5. The molecule has 296 valence electrons. The molecule has 0 radical (unpaired) electrons. The Hall–Kier alpha value is -2.91. The van der Waals surface area contributed by atoms with Gasteiger partial charge < -0.3 is 24.8 Å². The van der Waals surface area contributed by atoms with E-state index in [2.05, 4.69) is 53.8 Å². The third-order valence-corrected chi connectivity index (χ3v) is 16.5. The van der Waals surface area contributed by atoms with Crippen LogP contribution in [0.25, 0.3) is 0 Å². The highest BCUT2D eigenvalue weighted by Gasteiger charge is 2.71. The molecule has 0 aromatic rings. The van der Waals surface area contributed by atoms with Crippen LogP contribution in [-0.2, 0) is 28.7 Å². The Morgan fingerprint density at radius 2 is 1.55 bits per heavy atom. The number of Topliss-reactive ketones (excluding diaryl/α,β-unsaturated/α-hetero) is 1. The molecule has 4 saturated carbocycles. The third-order valence-electron chi connectivity index (χ3n) is 16.5. The Bertz CT molecular complexity index is 1570. The number of carboxylic acid groups (broad SMARTS) is 1. The first-order valence-electron chi connectivity index (χ1n) is 20.4. The van der Waals surface area contributed by atoms with E-state index in [1.165, 1.54) is 12.7 Å². The van der Waals surface area contributed by atoms with Crippen LogP contribution in [0.5, 0.6) is 0 Å². The van der Waals surface area contributed by atoms with E-state index in [-0.39, 0.29) is 70.2 Å². The van der Waals surface area contributed by atoms with Gasteiger partial charge in [-0.1, -0.05) is 48.5 Å². The van der Waals surface area contributed by atoms with Gasteiger partial charge in [-0.3, -0.25) is 19.2 Å². The van der Waals surface area contributed by atoms with Crippen molar-refractivity contribution in [2.75, 3.05) is 20.2 Å². The molecule has 5 fully saturated rings. The largest absolute Gasteiger partial charge is 0.481 e. The molecule has 2 N–H and O–H groups in total. The van der Waals surface area contributed by atoms with Gasteiger partial charge in [0, 0.05) is 31.0 Å². The number of rotatable bonds is 7. The number of alkyl carbamates (subject to hydrolysis) is 1. The average Bonchev–Trinajstić information content (AvgIpc) is 3.39. The lowest BCUT2D eigenvalue weighted by atomic mass is 9.33. The summed E-state index contributed by atoms with van der Waals surface area (Å²) in [6, 6.07) is -0.0343. The highest BCUT2D eigenvalue weighted by molar-refractivity contribution is 6.07. The number of ketones is 1. The smallest absolute Gasteiger partial charge is 0.407 e. The minimum atomic E-state index is -1.18. The third kappa shape index (κ3) is 6.05. The van der Waals surface area contributed by atoms with E-state index in [1.807, 2.05) is 4.90 Å². The van der Waals surface area contributed by atoms with Crippen molar-refractivity contribution in [1.82, 2.24) is 10.2 Å². The first kappa shape index (κ1) is 39.8. The molecule has 1 aliphatic heterocycles. The van der Waals surface area contributed by atoms with Crippen molar-refractivity contribution in [2.24, 2.45) is 56.2 Å². The Kier molecular flexibility index (Phi) is 10.0. The van der Waals surface area contributed by atoms with E-state index in [0.717, 1.165) is 50.5 Å². The summed E-state index contributed by atoms with van der Waals surface area (Å²) in [4.78, 5) is 67.7. The monoisotopic (exact) mass is 738 g/mol. The second-order valence-electron chi connectivity index (χ2n) is 20.2. The first-order valence-corrected chi connectivity index (χ1v) is 20.4. The van der Waals surface area contributed by atoms with Crippen molar-refractivity contribution >= 4 is 29.7 Å². The molecule has 0 aromatic heterocycles. The standard InChI is InChI=1S/C43H66N2O8/c1-25(2)33-28(46)23-43(35(48)45-21-15-26(16-22-45)44-37(51)52-10)20-19-41(8)27(34(33)43)11-12-30-40(7)17-14-31(53-32(47)24-38(3,4)36(49)50)39(5,6)29(40)13-18-42(30,41)9/h25-27,29-31H,11-24H2,1-10H3,(H,44,51)(H,49,50)/t27-,29?,30?,31-,40-,41+,42+,43+/m0/s1. The van der Waals surface area contributed by atoms with Crippen molar-refractivity contribution in [3.05, 3.63) is 11.1 Å². The molecule has 10 nitrogen and oxygen atoms in total. The molecular weight excluding hydrogens is 672 g/mol. The fourth-order valence-electron chi connectivity index (χ4n) is 13.5. The summed E-state index contributed by atoms with van der Waals surface area (Å²) in [6.45, 7) is 20.5. The van der Waals surface area contributed by atoms with Gasteiger partial charge in [0.25, 0.3) is 0 Å². The van der Waals surface area contributed by atoms with Gasteiger partial charge in [0.1, 0.15) is 6.10 Å². The van der Waals surface area contributed by atoms with Crippen LogP contribution in [-0.4, -0.2) is 72.1 Å². The molecule has 6 aliphatic rings. The number of piperidine rings is 1. The number of nitrogens with zero attached hydrogens (tertiary/aromatic N) is 1. The SMILES string of the molecule is COC(=O)NC1CCN(C(=O)[C@@]23CC[C@]4(C)[C@@H](CCC5[C@@]6(C)CC[C@H](OC(=O)CC(C)(C)C(=O)O)C(C)(C)C6CC[C@]54C)C2=C(C(C)C)C(=O)C3)CC1. The predicted molar refractivity (Wildman–Crippen MR) is 200 cm³/mol. The van der Waals surface area contributed by atoms with Gasteiger partial charge in [0.2, 0.25) is 5.91 Å². The van der Waals surface area contributed by atoms with Crippen LogP contribution in [0.2, 0.25) is 0 Å². The van der Waals surface area contributed by atoms with E-state index in [1.54, 1.807) is 13.8 Å². The zero-order valence-corrected chi connectivity index (χ0v) is 34.1. The number of hydrogen-bond acceptors (Lipinski definition) is 7. The number of amides is 2. The normalized spacial score (nSPS) is 38.3. The maximum absolute atomic E-state index is 14.9. The molecule has 53 heavy (non-hydrogen) atoms. The van der Waals surface area contributed by atoms with Crippen molar-refractivity contribution in [2.45, 2.75) is 152 Å². The minimum Gasteiger partial charge on any atom is -0.481 e. The molecular formula is C43H66N2O8. The van der Waals surface area contributed by atoms with Crippen LogP contribution in [0.3, 0.4) is 0 Å². The molecule has 0 spiro atoms. The lowest BCUT2D eigenvalue weighted by molar-refractivity contribution is -0.233. The number of likely N-dealkylation sites (tertiary alicyclic amines) is 1. The predicted octanol–water partition coefficient (Wildman–Crippen LogP) is 7.73. The van der Waals surface area contributed by atoms with Crippen LogP contribution in [0.15, 0.2) is 11.1 Å². The van der Waals surface area contributed by atoms with Crippen LogP contribution in [0.1, 0.15) is 139 Å². The number of hydrogen-bond donors (Lipinski definition) is 2. The van der Waals surface area contributed by atoms with Crippen molar-refractivity contribution in [1.29, 1.82) is 0 Å². The second kappa shape index (κ2) is 13.4. The number of methoxy groups -OCH3 is 1. The molecule has 2 unspecified atom stereocenters. The molecule has 10 heteroatoms. The highest BCUT2D eigenvalue weighted by Crippen LogP contribution is 2.77. The molecule has 2 amide bonds. The molecule has 5 aliphatic carbocycles. The maximum atomic E-state index is 14.9. The van der Waals surface area contributed by atoms with E-state index < -0.39 is 28.9 Å². The second-order valence-corrected chi connectivity index (χ2v) is 20.2. The van der Waals surface area contributed by atoms with Crippen LogP contribution < -0.4 is 5.32 Å². The van der Waals surface area contributed by atoms with Crippen LogP contribution >= 0.6 is 0 Å². The lowest BCUT2D eigenvalue weighted by Crippen LogP contribution is -2.66. The number of carboxylic acids is 1. The molecule has 6 rings (SSSR count). The fraction of sp³-hybridized carbons (Fsp3) is 0.837. The number of aliphatic carboxylic acids is 1. The molecule has 0 bridgehead atoms. The van der Waals surface area contributed by atoms with Crippen molar-refractivity contribution < 1.29 is 38.6 Å². The Morgan fingerprint density at radius 3 is 2.15 bits per heavy atom. The Morgan fingerprint density at radius 1 is 0.887 bits per heavy atom. The van der Waals surface area contributed by atoms with E-state index in [0.29, 0.717) is 44.2 Å². The summed E-state index contributed by atoms with van der Waals surface area (Å²) in [7, 11) is 1.36. The first-order chi connectivity index (χ1) is 24.6. The summed E-state index contributed by atoms with van der Waals surface area (Å²) in [6.07, 6.45) is 8.10. The maximum Gasteiger partial charge on any atom is 0.407 e. The zero-order valence-electron chi connectivity index (χ0n) is 34.1. The van der Waals surface area contributed by atoms with Gasteiger partial charge in [-0.15, -0.1) is 0 Å². The van der Waals surface area contributed by atoms with Gasteiger partial charge in [0.15, 0.2) is 5.78 Å². The Balaban J connectivity index is 1.27. The van der Waals surface area contributed by atoms with E-state index in [4.69, 9.17) is 9.47 Å². The topological polar surface area (TPSA) is 139 Å². The summed E-state index contributed by atoms with van der Waals surface area (Å²) in [5, 5.41) is 12.5. The molecule has 0 aromatic carbocycles. The Labute approximate surface area is 316 Å². The molecule has 1 heterocycles. The lowest BCUT2D eigenvalue weighted by Gasteiger charge is -2.72. The van der Waals surface area contributed by atoms with E-state index in [9.17, 15) is 29.1 Å². The number of fused-ring (bicyclic) bond motifs is 7. The summed E-state index contributed by atoms with van der Waals surface area (Å²) < 4.78 is 11.0. The average molecular weight is 739 g/mol. The van der Waals surface area contributed by atoms with Crippen LogP contribution in [0, 0.1) is 56.2 Å². The van der Waals surface area contributed by atoms with Gasteiger partial charge in [-0.2, -0.15) is 0 Å². The van der Waals surface area contributed by atoms with Crippen LogP contribution in [0.4, 0.5) is 4.79 Å². The number of allylic oxidation sites excluding steroid dienone is 1. The number of ether oxygens (including phenoxy) is 2.